The second kappa shape index (κ2) is 6.56. The van der Waals surface area contributed by atoms with Crippen molar-refractivity contribution in [3.05, 3.63) is 53.6 Å². The van der Waals surface area contributed by atoms with E-state index in [1.165, 1.54) is 6.20 Å². The highest BCUT2D eigenvalue weighted by Gasteiger charge is 2.10. The van der Waals surface area contributed by atoms with E-state index in [4.69, 9.17) is 4.74 Å². The molecule has 6 heteroatoms. The first-order valence-corrected chi connectivity index (χ1v) is 7.58. The van der Waals surface area contributed by atoms with Gasteiger partial charge in [-0.2, -0.15) is 5.10 Å². The molecule has 0 aliphatic rings. The zero-order chi connectivity index (χ0) is 16.2. The first-order chi connectivity index (χ1) is 11.2. The van der Waals surface area contributed by atoms with E-state index in [1.54, 1.807) is 24.0 Å². The molecule has 0 atom stereocenters. The summed E-state index contributed by atoms with van der Waals surface area (Å²) >= 11 is 0. The lowest BCUT2D eigenvalue weighted by molar-refractivity contribution is 0.0526. The summed E-state index contributed by atoms with van der Waals surface area (Å²) < 4.78 is 6.71. The van der Waals surface area contributed by atoms with Crippen molar-refractivity contribution >= 4 is 17.0 Å². The number of carbonyl (C=O) groups is 1. The highest BCUT2D eigenvalue weighted by molar-refractivity contribution is 5.88. The SMILES string of the molecule is CCOC(=O)c1cnn(CCc2cc3cccnc3nc2C)c1. The lowest BCUT2D eigenvalue weighted by atomic mass is 10.1. The van der Waals surface area contributed by atoms with Crippen LogP contribution in [-0.4, -0.2) is 32.3 Å². The Labute approximate surface area is 134 Å². The molecule has 0 saturated heterocycles. The molecule has 0 unspecified atom stereocenters. The lowest BCUT2D eigenvalue weighted by Crippen LogP contribution is -2.05. The Morgan fingerprint density at radius 2 is 2.26 bits per heavy atom. The summed E-state index contributed by atoms with van der Waals surface area (Å²) in [7, 11) is 0. The normalized spacial score (nSPS) is 10.9. The minimum Gasteiger partial charge on any atom is -0.462 e. The van der Waals surface area contributed by atoms with Gasteiger partial charge in [0, 0.05) is 30.0 Å². The Kier molecular flexibility index (Phi) is 4.32. The molecule has 6 nitrogen and oxygen atoms in total. The second-order valence-corrected chi connectivity index (χ2v) is 5.25. The summed E-state index contributed by atoms with van der Waals surface area (Å²) in [6.45, 7) is 4.80. The smallest absolute Gasteiger partial charge is 0.341 e. The molecule has 0 N–H and O–H groups in total. The van der Waals surface area contributed by atoms with E-state index in [2.05, 4.69) is 21.1 Å². The molecule has 0 saturated carbocycles. The maximum atomic E-state index is 11.6. The zero-order valence-corrected chi connectivity index (χ0v) is 13.2. The number of esters is 1. The standard InChI is InChI=1S/C17H18N4O2/c1-3-23-17(22)15-10-19-21(11-15)8-6-13-9-14-5-4-7-18-16(14)20-12(13)2/h4-5,7,9-11H,3,6,8H2,1-2H3. The average molecular weight is 310 g/mol. The Hall–Kier alpha value is -2.76. The summed E-state index contributed by atoms with van der Waals surface area (Å²) in [6, 6.07) is 6.02. The third kappa shape index (κ3) is 3.36. The molecule has 0 aliphatic carbocycles. The number of nitrogens with zero attached hydrogens (tertiary/aromatic N) is 4. The third-order valence-corrected chi connectivity index (χ3v) is 3.64. The Morgan fingerprint density at radius 3 is 3.09 bits per heavy atom. The molecule has 3 heterocycles. The fourth-order valence-corrected chi connectivity index (χ4v) is 2.43. The van der Waals surface area contributed by atoms with Gasteiger partial charge >= 0.3 is 5.97 Å². The van der Waals surface area contributed by atoms with Crippen molar-refractivity contribution < 1.29 is 9.53 Å². The van der Waals surface area contributed by atoms with Gasteiger partial charge in [-0.25, -0.2) is 14.8 Å². The van der Waals surface area contributed by atoms with Gasteiger partial charge in [0.1, 0.15) is 0 Å². The number of fused-ring (bicyclic) bond motifs is 1. The molecule has 3 rings (SSSR count). The van der Waals surface area contributed by atoms with Gasteiger partial charge in [-0.1, -0.05) is 0 Å². The quantitative estimate of drug-likeness (QED) is 0.677. The van der Waals surface area contributed by atoms with Gasteiger partial charge < -0.3 is 4.74 Å². The van der Waals surface area contributed by atoms with Crippen LogP contribution in [0.5, 0.6) is 0 Å². The molecule has 23 heavy (non-hydrogen) atoms. The van der Waals surface area contributed by atoms with Gasteiger partial charge in [0.2, 0.25) is 0 Å². The summed E-state index contributed by atoms with van der Waals surface area (Å²) in [5, 5.41) is 5.24. The van der Waals surface area contributed by atoms with Gasteiger partial charge in [0.25, 0.3) is 0 Å². The number of carbonyl (C=O) groups excluding carboxylic acids is 1. The average Bonchev–Trinajstić information content (AvgIpc) is 3.02. The monoisotopic (exact) mass is 310 g/mol. The van der Waals surface area contributed by atoms with Crippen LogP contribution in [-0.2, 0) is 17.7 Å². The van der Waals surface area contributed by atoms with Crippen LogP contribution < -0.4 is 0 Å². The fraction of sp³-hybridized carbons (Fsp3) is 0.294. The molecule has 118 valence electrons. The molecular formula is C17H18N4O2. The molecule has 0 bridgehead atoms. The largest absolute Gasteiger partial charge is 0.462 e. The van der Waals surface area contributed by atoms with E-state index in [0.29, 0.717) is 18.7 Å². The van der Waals surface area contributed by atoms with E-state index in [1.807, 2.05) is 19.1 Å². The lowest BCUT2D eigenvalue weighted by Gasteiger charge is -2.07. The van der Waals surface area contributed by atoms with E-state index < -0.39 is 0 Å². The predicted octanol–water partition coefficient (Wildman–Crippen LogP) is 2.55. The summed E-state index contributed by atoms with van der Waals surface area (Å²) in [6.07, 6.45) is 5.78. The Bertz CT molecular complexity index is 841. The first-order valence-electron chi connectivity index (χ1n) is 7.58. The van der Waals surface area contributed by atoms with Crippen LogP contribution in [0.1, 0.15) is 28.5 Å². The predicted molar refractivity (Wildman–Crippen MR) is 86.2 cm³/mol. The third-order valence-electron chi connectivity index (χ3n) is 3.64. The summed E-state index contributed by atoms with van der Waals surface area (Å²) in [4.78, 5) is 20.4. The van der Waals surface area contributed by atoms with Crippen LogP contribution in [0.15, 0.2) is 36.8 Å². The maximum Gasteiger partial charge on any atom is 0.341 e. The van der Waals surface area contributed by atoms with E-state index >= 15 is 0 Å². The summed E-state index contributed by atoms with van der Waals surface area (Å²) in [5.41, 5.74) is 3.36. The van der Waals surface area contributed by atoms with Crippen molar-refractivity contribution in [1.29, 1.82) is 0 Å². The number of aryl methyl sites for hydroxylation is 3. The van der Waals surface area contributed by atoms with Crippen molar-refractivity contribution in [2.45, 2.75) is 26.8 Å². The van der Waals surface area contributed by atoms with Gasteiger partial charge in [-0.05, 0) is 44.0 Å². The highest BCUT2D eigenvalue weighted by atomic mass is 16.5. The minimum atomic E-state index is -0.339. The number of hydrogen-bond donors (Lipinski definition) is 0. The molecule has 0 spiro atoms. The molecule has 3 aromatic rings. The topological polar surface area (TPSA) is 69.9 Å². The van der Waals surface area contributed by atoms with E-state index in [0.717, 1.165) is 28.7 Å². The van der Waals surface area contributed by atoms with Gasteiger partial charge in [0.15, 0.2) is 5.65 Å². The molecule has 0 amide bonds. The second-order valence-electron chi connectivity index (χ2n) is 5.25. The fourth-order valence-electron chi connectivity index (χ4n) is 2.43. The summed E-state index contributed by atoms with van der Waals surface area (Å²) in [5.74, 6) is -0.339. The van der Waals surface area contributed by atoms with Crippen LogP contribution in [0.2, 0.25) is 0 Å². The van der Waals surface area contributed by atoms with Crippen LogP contribution >= 0.6 is 0 Å². The number of ether oxygens (including phenoxy) is 1. The Balaban J connectivity index is 1.73. The van der Waals surface area contributed by atoms with Gasteiger partial charge in [0.05, 0.1) is 18.4 Å². The maximum absolute atomic E-state index is 11.6. The molecular weight excluding hydrogens is 292 g/mol. The van der Waals surface area contributed by atoms with Crippen molar-refractivity contribution in [2.75, 3.05) is 6.61 Å². The molecule has 0 aromatic carbocycles. The van der Waals surface area contributed by atoms with Crippen LogP contribution in [0, 0.1) is 6.92 Å². The van der Waals surface area contributed by atoms with Gasteiger partial charge in [-0.15, -0.1) is 0 Å². The van der Waals surface area contributed by atoms with Gasteiger partial charge in [-0.3, -0.25) is 4.68 Å². The highest BCUT2D eigenvalue weighted by Crippen LogP contribution is 2.15. The van der Waals surface area contributed by atoms with Crippen molar-refractivity contribution in [1.82, 2.24) is 19.7 Å². The number of rotatable bonds is 5. The number of aromatic nitrogens is 4. The minimum absolute atomic E-state index is 0.339. The molecule has 3 aromatic heterocycles. The van der Waals surface area contributed by atoms with Crippen LogP contribution in [0.25, 0.3) is 11.0 Å². The first kappa shape index (κ1) is 15.1. The molecule has 0 fully saturated rings. The van der Waals surface area contributed by atoms with Crippen molar-refractivity contribution in [3.8, 4) is 0 Å². The van der Waals surface area contributed by atoms with E-state index in [-0.39, 0.29) is 5.97 Å². The van der Waals surface area contributed by atoms with Crippen molar-refractivity contribution in [3.63, 3.8) is 0 Å². The molecule has 0 aliphatic heterocycles. The van der Waals surface area contributed by atoms with Crippen LogP contribution in [0.4, 0.5) is 0 Å². The van der Waals surface area contributed by atoms with Crippen LogP contribution in [0.3, 0.4) is 0 Å². The molecule has 0 radical (unpaired) electrons. The number of pyridine rings is 2. The number of hydrogen-bond acceptors (Lipinski definition) is 5. The zero-order valence-electron chi connectivity index (χ0n) is 13.2. The van der Waals surface area contributed by atoms with E-state index in [9.17, 15) is 4.79 Å². The van der Waals surface area contributed by atoms with Crippen molar-refractivity contribution in [2.24, 2.45) is 0 Å². The Morgan fingerprint density at radius 1 is 1.39 bits per heavy atom.